The zero-order chi connectivity index (χ0) is 26.9. The first-order valence-corrected chi connectivity index (χ1v) is 11.2. The number of hydrogen-bond donors (Lipinski definition) is 0. The molecule has 1 heterocycles. The van der Waals surface area contributed by atoms with Gasteiger partial charge in [0.1, 0.15) is 5.70 Å². The van der Waals surface area contributed by atoms with Crippen LogP contribution in [-0.2, 0) is 41.4 Å². The zero-order valence-corrected chi connectivity index (χ0v) is 21.0. The number of esters is 4. The van der Waals surface area contributed by atoms with Crippen LogP contribution in [0.25, 0.3) is 5.70 Å². The van der Waals surface area contributed by atoms with Gasteiger partial charge in [-0.15, -0.1) is 0 Å². The first kappa shape index (κ1) is 26.9. The molecule has 2 aromatic carbocycles. The Morgan fingerprint density at radius 1 is 0.649 bits per heavy atom. The Labute approximate surface area is 214 Å². The maximum atomic E-state index is 13.2. The fourth-order valence-electron chi connectivity index (χ4n) is 4.01. The van der Waals surface area contributed by atoms with Gasteiger partial charge in [0.15, 0.2) is 0 Å². The van der Waals surface area contributed by atoms with Crippen LogP contribution in [0.3, 0.4) is 0 Å². The van der Waals surface area contributed by atoms with Gasteiger partial charge in [0.05, 0.1) is 45.6 Å². The fourth-order valence-corrected chi connectivity index (χ4v) is 4.01. The molecule has 3 rings (SSSR count). The molecule has 0 aliphatic rings. The summed E-state index contributed by atoms with van der Waals surface area (Å²) in [6.07, 6.45) is 1.18. The Morgan fingerprint density at radius 2 is 1.08 bits per heavy atom. The number of benzene rings is 2. The Balaban J connectivity index is 2.50. The van der Waals surface area contributed by atoms with E-state index in [9.17, 15) is 19.2 Å². The van der Waals surface area contributed by atoms with E-state index in [4.69, 9.17) is 18.9 Å². The minimum absolute atomic E-state index is 0.0798. The Kier molecular flexibility index (Phi) is 8.99. The molecule has 0 saturated heterocycles. The third kappa shape index (κ3) is 5.95. The Morgan fingerprint density at radius 3 is 1.43 bits per heavy atom. The Bertz CT molecular complexity index is 1240. The van der Waals surface area contributed by atoms with Gasteiger partial charge in [-0.1, -0.05) is 60.7 Å². The van der Waals surface area contributed by atoms with Crippen LogP contribution in [0.4, 0.5) is 0 Å². The average Bonchev–Trinajstić information content (AvgIpc) is 3.24. The van der Waals surface area contributed by atoms with Crippen molar-refractivity contribution in [2.45, 2.75) is 12.8 Å². The van der Waals surface area contributed by atoms with Gasteiger partial charge in [-0.2, -0.15) is 0 Å². The second-order valence-electron chi connectivity index (χ2n) is 7.83. The molecular formula is C28H27NO8. The van der Waals surface area contributed by atoms with Crippen molar-refractivity contribution in [2.24, 2.45) is 0 Å². The minimum Gasteiger partial charge on any atom is -0.466 e. The largest absolute Gasteiger partial charge is 0.466 e. The summed E-state index contributed by atoms with van der Waals surface area (Å²) in [5.41, 5.74) is 1.63. The van der Waals surface area contributed by atoms with Crippen molar-refractivity contribution < 1.29 is 38.1 Å². The van der Waals surface area contributed by atoms with E-state index < -0.39 is 23.9 Å². The highest BCUT2D eigenvalue weighted by molar-refractivity contribution is 6.16. The predicted octanol–water partition coefficient (Wildman–Crippen LogP) is 3.43. The summed E-state index contributed by atoms with van der Waals surface area (Å²) >= 11 is 0. The van der Waals surface area contributed by atoms with Gasteiger partial charge in [0, 0.05) is 24.2 Å². The van der Waals surface area contributed by atoms with Crippen molar-refractivity contribution in [1.29, 1.82) is 0 Å². The number of aromatic nitrogens is 1. The number of rotatable bonds is 9. The quantitative estimate of drug-likeness (QED) is 0.247. The van der Waals surface area contributed by atoms with E-state index >= 15 is 0 Å². The molecule has 0 saturated carbocycles. The van der Waals surface area contributed by atoms with Crippen molar-refractivity contribution >= 4 is 29.6 Å². The molecule has 1 aromatic heterocycles. The molecule has 0 spiro atoms. The topological polar surface area (TPSA) is 110 Å². The highest BCUT2D eigenvalue weighted by Crippen LogP contribution is 2.32. The average molecular weight is 506 g/mol. The third-order valence-corrected chi connectivity index (χ3v) is 5.67. The van der Waals surface area contributed by atoms with E-state index in [0.717, 1.165) is 24.3 Å². The van der Waals surface area contributed by atoms with Crippen LogP contribution in [-0.4, -0.2) is 56.9 Å². The molecule has 0 bridgehead atoms. The summed E-state index contributed by atoms with van der Waals surface area (Å²) in [5.74, 6) is -3.31. The van der Waals surface area contributed by atoms with Gasteiger partial charge in [0.25, 0.3) is 0 Å². The lowest BCUT2D eigenvalue weighted by atomic mass is 10.0. The van der Waals surface area contributed by atoms with E-state index in [2.05, 4.69) is 0 Å². The van der Waals surface area contributed by atoms with Gasteiger partial charge >= 0.3 is 23.9 Å². The Hall–Kier alpha value is -4.66. The molecule has 0 aliphatic heterocycles. The van der Waals surface area contributed by atoms with Crippen molar-refractivity contribution in [3.05, 3.63) is 100 Å². The van der Waals surface area contributed by atoms with E-state index in [0.29, 0.717) is 0 Å². The summed E-state index contributed by atoms with van der Waals surface area (Å²) in [5, 5.41) is 0. The molecule has 0 N–H and O–H groups in total. The SMILES string of the molecule is COC(=O)C=C(C(=O)OC)n1c(Cc2ccccc2)c(C(=O)OC)c(C(=O)OC)c1Cc1ccccc1. The molecule has 9 nitrogen and oxygen atoms in total. The van der Waals surface area contributed by atoms with Gasteiger partial charge in [-0.25, -0.2) is 19.2 Å². The molecule has 9 heteroatoms. The standard InChI is InChI=1S/C28H27NO8/c1-34-23(30)17-22(26(31)35-2)29-20(15-18-11-7-5-8-12-18)24(27(32)36-3)25(28(33)37-4)21(29)16-19-13-9-6-10-14-19/h5-14,17H,15-16H2,1-4H3. The second-order valence-corrected chi connectivity index (χ2v) is 7.83. The number of methoxy groups -OCH3 is 4. The van der Waals surface area contributed by atoms with Crippen LogP contribution in [0, 0.1) is 0 Å². The maximum absolute atomic E-state index is 13.2. The fraction of sp³-hybridized carbons (Fsp3) is 0.214. The van der Waals surface area contributed by atoms with E-state index in [1.165, 1.54) is 25.9 Å². The molecule has 0 amide bonds. The monoisotopic (exact) mass is 505 g/mol. The molecule has 0 fully saturated rings. The first-order valence-electron chi connectivity index (χ1n) is 11.2. The lowest BCUT2D eigenvalue weighted by Crippen LogP contribution is -2.18. The molecule has 0 aliphatic carbocycles. The van der Waals surface area contributed by atoms with E-state index in [1.54, 1.807) is 0 Å². The van der Waals surface area contributed by atoms with Crippen LogP contribution < -0.4 is 0 Å². The van der Waals surface area contributed by atoms with Crippen molar-refractivity contribution in [2.75, 3.05) is 28.4 Å². The number of carbonyl (C=O) groups is 4. The summed E-state index contributed by atoms with van der Waals surface area (Å²) < 4.78 is 21.2. The number of carbonyl (C=O) groups excluding carboxylic acids is 4. The van der Waals surface area contributed by atoms with Gasteiger partial charge in [0.2, 0.25) is 0 Å². The van der Waals surface area contributed by atoms with Crippen LogP contribution in [0.5, 0.6) is 0 Å². The summed E-state index contributed by atoms with van der Waals surface area (Å²) in [7, 11) is 4.71. The van der Waals surface area contributed by atoms with Gasteiger partial charge in [-0.3, -0.25) is 0 Å². The highest BCUT2D eigenvalue weighted by atomic mass is 16.5. The summed E-state index contributed by atoms with van der Waals surface area (Å²) in [4.78, 5) is 51.7. The molecule has 0 radical (unpaired) electrons. The smallest absolute Gasteiger partial charge is 0.355 e. The normalized spacial score (nSPS) is 11.0. The molecular weight excluding hydrogens is 478 g/mol. The molecule has 192 valence electrons. The number of nitrogens with zero attached hydrogens (tertiary/aromatic N) is 1. The van der Waals surface area contributed by atoms with Crippen molar-refractivity contribution in [1.82, 2.24) is 4.57 Å². The lowest BCUT2D eigenvalue weighted by molar-refractivity contribution is -0.137. The maximum Gasteiger partial charge on any atom is 0.355 e. The van der Waals surface area contributed by atoms with Crippen LogP contribution in [0.1, 0.15) is 43.2 Å². The van der Waals surface area contributed by atoms with Crippen LogP contribution in [0.2, 0.25) is 0 Å². The van der Waals surface area contributed by atoms with Gasteiger partial charge < -0.3 is 23.5 Å². The lowest BCUT2D eigenvalue weighted by Gasteiger charge is -2.17. The number of ether oxygens (including phenoxy) is 4. The highest BCUT2D eigenvalue weighted by Gasteiger charge is 2.35. The predicted molar refractivity (Wildman–Crippen MR) is 134 cm³/mol. The minimum atomic E-state index is -0.878. The second kappa shape index (κ2) is 12.3. The molecule has 0 unspecified atom stereocenters. The first-order chi connectivity index (χ1) is 17.9. The summed E-state index contributed by atoms with van der Waals surface area (Å²) in [6, 6.07) is 18.3. The van der Waals surface area contributed by atoms with Crippen molar-refractivity contribution in [3.8, 4) is 0 Å². The van der Waals surface area contributed by atoms with E-state index in [-0.39, 0.29) is 41.1 Å². The summed E-state index contributed by atoms with van der Waals surface area (Å²) in [6.45, 7) is 0. The number of hydrogen-bond acceptors (Lipinski definition) is 8. The molecule has 0 atom stereocenters. The zero-order valence-electron chi connectivity index (χ0n) is 21.0. The van der Waals surface area contributed by atoms with Gasteiger partial charge in [-0.05, 0) is 11.1 Å². The third-order valence-electron chi connectivity index (χ3n) is 5.67. The van der Waals surface area contributed by atoms with Crippen LogP contribution in [0.15, 0.2) is 66.7 Å². The molecule has 3 aromatic rings. The van der Waals surface area contributed by atoms with E-state index in [1.807, 2.05) is 60.7 Å². The molecule has 37 heavy (non-hydrogen) atoms. The van der Waals surface area contributed by atoms with Crippen LogP contribution >= 0.6 is 0 Å². The van der Waals surface area contributed by atoms with Crippen molar-refractivity contribution in [3.63, 3.8) is 0 Å².